The van der Waals surface area contributed by atoms with Gasteiger partial charge in [-0.05, 0) is 43.2 Å². The number of aromatic nitrogens is 2. The number of rotatable bonds is 6. The van der Waals surface area contributed by atoms with Crippen LogP contribution in [0.15, 0.2) is 35.5 Å². The van der Waals surface area contributed by atoms with Crippen LogP contribution in [0.25, 0.3) is 11.3 Å². The molecule has 10 heteroatoms. The Balaban J connectivity index is 1.71. The zero-order chi connectivity index (χ0) is 20.1. The number of nitrogens with one attached hydrogen (secondary N) is 1. The fourth-order valence-electron chi connectivity index (χ4n) is 2.62. The molecule has 2 heterocycles. The van der Waals surface area contributed by atoms with Crippen molar-refractivity contribution < 1.29 is 27.1 Å². The van der Waals surface area contributed by atoms with Crippen molar-refractivity contribution in [3.63, 3.8) is 0 Å². The van der Waals surface area contributed by atoms with E-state index in [0.29, 0.717) is 18.7 Å². The quantitative estimate of drug-likeness (QED) is 0.443. The van der Waals surface area contributed by atoms with Crippen LogP contribution >= 0.6 is 11.8 Å². The number of amides is 1. The zero-order valence-electron chi connectivity index (χ0n) is 14.6. The van der Waals surface area contributed by atoms with E-state index in [-0.39, 0.29) is 28.6 Å². The Kier molecular flexibility index (Phi) is 6.50. The van der Waals surface area contributed by atoms with Gasteiger partial charge in [-0.1, -0.05) is 11.8 Å². The van der Waals surface area contributed by atoms with Gasteiger partial charge in [-0.2, -0.15) is 13.2 Å². The van der Waals surface area contributed by atoms with E-state index >= 15 is 0 Å². The molecule has 0 radical (unpaired) electrons. The average molecular weight is 415 g/mol. The van der Waals surface area contributed by atoms with Crippen molar-refractivity contribution in [3.8, 4) is 11.3 Å². The van der Waals surface area contributed by atoms with Crippen molar-refractivity contribution in [2.75, 3.05) is 18.9 Å². The van der Waals surface area contributed by atoms with E-state index in [1.807, 2.05) is 0 Å². The molecule has 1 atom stereocenters. The molecule has 5 nitrogen and oxygen atoms in total. The Morgan fingerprint density at radius 3 is 2.64 bits per heavy atom. The topological polar surface area (TPSA) is 64.1 Å². The maximum Gasteiger partial charge on any atom is 0.433 e. The summed E-state index contributed by atoms with van der Waals surface area (Å²) in [5.41, 5.74) is -0.798. The third kappa shape index (κ3) is 5.65. The molecule has 1 saturated heterocycles. The lowest BCUT2D eigenvalue weighted by Gasteiger charge is -2.12. The van der Waals surface area contributed by atoms with Crippen molar-refractivity contribution in [2.24, 2.45) is 0 Å². The van der Waals surface area contributed by atoms with Gasteiger partial charge in [-0.15, -0.1) is 0 Å². The largest absolute Gasteiger partial charge is 0.433 e. The van der Waals surface area contributed by atoms with Crippen molar-refractivity contribution in [1.29, 1.82) is 0 Å². The predicted octanol–water partition coefficient (Wildman–Crippen LogP) is 3.69. The van der Waals surface area contributed by atoms with Crippen molar-refractivity contribution >= 4 is 17.7 Å². The molecule has 1 aromatic carbocycles. The first-order valence-corrected chi connectivity index (χ1v) is 9.53. The van der Waals surface area contributed by atoms with Crippen LogP contribution in [0.5, 0.6) is 0 Å². The van der Waals surface area contributed by atoms with E-state index in [1.54, 1.807) is 0 Å². The molecule has 2 aromatic rings. The van der Waals surface area contributed by atoms with Crippen molar-refractivity contribution in [2.45, 2.75) is 30.3 Å². The monoisotopic (exact) mass is 415 g/mol. The van der Waals surface area contributed by atoms with Crippen molar-refractivity contribution in [1.82, 2.24) is 15.3 Å². The Morgan fingerprint density at radius 1 is 1.25 bits per heavy atom. The van der Waals surface area contributed by atoms with Gasteiger partial charge in [-0.3, -0.25) is 4.79 Å². The van der Waals surface area contributed by atoms with Crippen LogP contribution in [0.2, 0.25) is 0 Å². The van der Waals surface area contributed by atoms with Crippen molar-refractivity contribution in [3.05, 3.63) is 41.8 Å². The third-order valence-electron chi connectivity index (χ3n) is 4.02. The molecule has 0 bridgehead atoms. The molecule has 0 aliphatic carbocycles. The zero-order valence-corrected chi connectivity index (χ0v) is 15.4. The summed E-state index contributed by atoms with van der Waals surface area (Å²) in [5, 5.41) is 2.51. The summed E-state index contributed by atoms with van der Waals surface area (Å²) in [6.07, 6.45) is -2.89. The summed E-state index contributed by atoms with van der Waals surface area (Å²) >= 11 is 0.804. The van der Waals surface area contributed by atoms with Crippen LogP contribution in [0, 0.1) is 5.82 Å². The van der Waals surface area contributed by atoms with Crippen LogP contribution in [0.3, 0.4) is 0 Å². The molecule has 28 heavy (non-hydrogen) atoms. The van der Waals surface area contributed by atoms with Gasteiger partial charge in [0.05, 0.1) is 17.6 Å². The number of ether oxygens (including phenoxy) is 1. The molecule has 1 aliphatic rings. The maximum absolute atomic E-state index is 13.2. The van der Waals surface area contributed by atoms with Crippen LogP contribution < -0.4 is 5.32 Å². The minimum Gasteiger partial charge on any atom is -0.376 e. The first-order chi connectivity index (χ1) is 13.3. The van der Waals surface area contributed by atoms with E-state index in [4.69, 9.17) is 4.74 Å². The van der Waals surface area contributed by atoms with E-state index < -0.39 is 17.7 Å². The highest BCUT2D eigenvalue weighted by Gasteiger charge is 2.34. The van der Waals surface area contributed by atoms with Gasteiger partial charge in [0, 0.05) is 18.7 Å². The van der Waals surface area contributed by atoms with Gasteiger partial charge in [0.15, 0.2) is 5.16 Å². The Hall–Kier alpha value is -2.20. The highest BCUT2D eigenvalue weighted by molar-refractivity contribution is 7.99. The Morgan fingerprint density at radius 2 is 2.00 bits per heavy atom. The second-order valence-corrected chi connectivity index (χ2v) is 7.10. The van der Waals surface area contributed by atoms with Crippen LogP contribution in [0.1, 0.15) is 18.5 Å². The number of benzene rings is 1. The number of thioether (sulfide) groups is 1. The van der Waals surface area contributed by atoms with Gasteiger partial charge < -0.3 is 10.1 Å². The predicted molar refractivity (Wildman–Crippen MR) is 95.1 cm³/mol. The molecule has 0 spiro atoms. The molecular formula is C18H17F4N3O2S. The molecule has 1 fully saturated rings. The lowest BCUT2D eigenvalue weighted by Crippen LogP contribution is -2.32. The molecule has 1 amide bonds. The minimum absolute atomic E-state index is 0.00425. The molecule has 1 N–H and O–H groups in total. The second kappa shape index (κ2) is 8.87. The summed E-state index contributed by atoms with van der Waals surface area (Å²) in [5.74, 6) is -0.979. The number of carbonyl (C=O) groups is 1. The van der Waals surface area contributed by atoms with E-state index in [1.165, 1.54) is 12.1 Å². The Labute approximate surface area is 162 Å². The average Bonchev–Trinajstić information content (AvgIpc) is 3.18. The molecule has 1 unspecified atom stereocenters. The number of halogens is 4. The molecule has 1 aliphatic heterocycles. The first kappa shape index (κ1) is 20.5. The number of hydrogen-bond donors (Lipinski definition) is 1. The van der Waals surface area contributed by atoms with Crippen LogP contribution in [0.4, 0.5) is 17.6 Å². The number of alkyl halides is 3. The van der Waals surface area contributed by atoms with Crippen LogP contribution in [-0.2, 0) is 15.7 Å². The van der Waals surface area contributed by atoms with Gasteiger partial charge in [0.25, 0.3) is 0 Å². The number of hydrogen-bond acceptors (Lipinski definition) is 5. The van der Waals surface area contributed by atoms with E-state index in [2.05, 4.69) is 15.3 Å². The van der Waals surface area contributed by atoms with Gasteiger partial charge in [0.2, 0.25) is 5.91 Å². The highest BCUT2D eigenvalue weighted by Crippen LogP contribution is 2.32. The van der Waals surface area contributed by atoms with Gasteiger partial charge in [-0.25, -0.2) is 14.4 Å². The fraction of sp³-hybridized carbons (Fsp3) is 0.389. The SMILES string of the molecule is O=C(CSc1nc(-c2ccc(F)cc2)cc(C(F)(F)F)n1)NCC1CCCO1. The van der Waals surface area contributed by atoms with E-state index in [9.17, 15) is 22.4 Å². The van der Waals surface area contributed by atoms with Gasteiger partial charge in [0.1, 0.15) is 11.5 Å². The first-order valence-electron chi connectivity index (χ1n) is 8.54. The minimum atomic E-state index is -4.67. The lowest BCUT2D eigenvalue weighted by atomic mass is 10.1. The number of nitrogens with zero attached hydrogens (tertiary/aromatic N) is 2. The smallest absolute Gasteiger partial charge is 0.376 e. The molecule has 0 saturated carbocycles. The molecule has 3 rings (SSSR count). The standard InChI is InChI=1S/C18H17F4N3O2S/c19-12-5-3-11(4-6-12)14-8-15(18(20,21)22)25-17(24-14)28-10-16(26)23-9-13-2-1-7-27-13/h3-6,8,13H,1-2,7,9-10H2,(H,23,26). The summed E-state index contributed by atoms with van der Waals surface area (Å²) < 4.78 is 58.0. The van der Waals surface area contributed by atoms with E-state index in [0.717, 1.165) is 42.8 Å². The lowest BCUT2D eigenvalue weighted by molar-refractivity contribution is -0.141. The maximum atomic E-state index is 13.2. The summed E-state index contributed by atoms with van der Waals surface area (Å²) in [6.45, 7) is 1.03. The normalized spacial score (nSPS) is 16.9. The Bertz CT molecular complexity index is 825. The van der Waals surface area contributed by atoms with Crippen LogP contribution in [-0.4, -0.2) is 40.9 Å². The summed E-state index contributed by atoms with van der Waals surface area (Å²) in [4.78, 5) is 19.5. The summed E-state index contributed by atoms with van der Waals surface area (Å²) in [7, 11) is 0. The molecule has 150 valence electrons. The fourth-order valence-corrected chi connectivity index (χ4v) is 3.31. The summed E-state index contributed by atoms with van der Waals surface area (Å²) in [6, 6.07) is 5.74. The molecule has 1 aromatic heterocycles. The highest BCUT2D eigenvalue weighted by atomic mass is 32.2. The van der Waals surface area contributed by atoms with Gasteiger partial charge >= 0.3 is 6.18 Å². The second-order valence-electron chi connectivity index (χ2n) is 6.15. The third-order valence-corrected chi connectivity index (χ3v) is 4.87. The molecular weight excluding hydrogens is 398 g/mol. The number of carbonyl (C=O) groups excluding carboxylic acids is 1.